The molecule has 2 N–H and O–H groups in total. The fourth-order valence-corrected chi connectivity index (χ4v) is 4.28. The zero-order chi connectivity index (χ0) is 21.0. The number of hydrogen-bond donors (Lipinski definition) is 2. The molecule has 0 bridgehead atoms. The Bertz CT molecular complexity index is 764. The van der Waals surface area contributed by atoms with E-state index in [0.717, 1.165) is 25.7 Å². The molecule has 1 aromatic rings. The van der Waals surface area contributed by atoms with Gasteiger partial charge >= 0.3 is 0 Å². The van der Waals surface area contributed by atoms with Crippen molar-refractivity contribution in [2.45, 2.75) is 71.0 Å². The van der Waals surface area contributed by atoms with Crippen LogP contribution in [-0.2, 0) is 14.4 Å². The molecule has 0 unspecified atom stereocenters. The van der Waals surface area contributed by atoms with Crippen LogP contribution in [0.5, 0.6) is 5.75 Å². The number of carbonyl (C=O) groups excluding carboxylic acids is 3. The molecular weight excluding hydrogens is 370 g/mol. The molecule has 2 fully saturated rings. The Hall–Kier alpha value is -2.57. The van der Waals surface area contributed by atoms with E-state index in [2.05, 4.69) is 10.6 Å². The van der Waals surface area contributed by atoms with E-state index in [1.807, 2.05) is 32.9 Å². The number of amides is 3. The van der Waals surface area contributed by atoms with Gasteiger partial charge in [0.05, 0.1) is 24.8 Å². The highest BCUT2D eigenvalue weighted by Crippen LogP contribution is 2.31. The van der Waals surface area contributed by atoms with Crippen molar-refractivity contribution >= 4 is 23.4 Å². The highest BCUT2D eigenvalue weighted by molar-refractivity contribution is 5.98. The minimum atomic E-state index is -0.788. The predicted octanol–water partition coefficient (Wildman–Crippen LogP) is 2.71. The summed E-state index contributed by atoms with van der Waals surface area (Å²) in [5, 5.41) is 5.90. The summed E-state index contributed by atoms with van der Waals surface area (Å²) < 4.78 is 5.55. The Kier molecular flexibility index (Phi) is 6.77. The van der Waals surface area contributed by atoms with Crippen molar-refractivity contribution in [3.8, 4) is 5.75 Å². The van der Waals surface area contributed by atoms with Crippen molar-refractivity contribution in [3.63, 3.8) is 0 Å². The predicted molar refractivity (Wildman–Crippen MR) is 111 cm³/mol. The van der Waals surface area contributed by atoms with Gasteiger partial charge in [-0.05, 0) is 31.9 Å². The summed E-state index contributed by atoms with van der Waals surface area (Å²) >= 11 is 0. The Morgan fingerprint density at radius 2 is 1.97 bits per heavy atom. The van der Waals surface area contributed by atoms with Crippen LogP contribution in [-0.4, -0.2) is 47.4 Å². The Balaban J connectivity index is 1.78. The molecule has 2 aliphatic rings. The second-order valence-corrected chi connectivity index (χ2v) is 8.06. The van der Waals surface area contributed by atoms with Crippen molar-refractivity contribution in [3.05, 3.63) is 24.3 Å². The molecule has 3 atom stereocenters. The Labute approximate surface area is 172 Å². The topological polar surface area (TPSA) is 87.7 Å². The maximum Gasteiger partial charge on any atom is 0.243 e. The van der Waals surface area contributed by atoms with Gasteiger partial charge < -0.3 is 20.3 Å². The van der Waals surface area contributed by atoms with E-state index in [-0.39, 0.29) is 42.1 Å². The lowest BCUT2D eigenvalue weighted by atomic mass is 9.84. The first-order valence-corrected chi connectivity index (χ1v) is 10.6. The maximum atomic E-state index is 13.0. The molecule has 3 amide bonds. The second kappa shape index (κ2) is 9.29. The lowest BCUT2D eigenvalue weighted by Gasteiger charge is -2.48. The van der Waals surface area contributed by atoms with Crippen LogP contribution in [0.1, 0.15) is 52.9 Å². The number of nitrogens with zero attached hydrogens (tertiary/aromatic N) is 1. The van der Waals surface area contributed by atoms with Gasteiger partial charge in [0.25, 0.3) is 0 Å². The minimum absolute atomic E-state index is 0.0167. The van der Waals surface area contributed by atoms with E-state index in [0.29, 0.717) is 18.0 Å². The third kappa shape index (κ3) is 4.71. The summed E-state index contributed by atoms with van der Waals surface area (Å²) in [5.74, 6) is -0.264. The van der Waals surface area contributed by atoms with Crippen LogP contribution < -0.4 is 15.4 Å². The van der Waals surface area contributed by atoms with Gasteiger partial charge in [0.1, 0.15) is 11.8 Å². The highest BCUT2D eigenvalue weighted by Gasteiger charge is 2.46. The number of carbonyl (C=O) groups is 3. The van der Waals surface area contributed by atoms with E-state index in [1.165, 1.54) is 0 Å². The van der Waals surface area contributed by atoms with Crippen molar-refractivity contribution < 1.29 is 19.1 Å². The first-order chi connectivity index (χ1) is 13.9. The molecule has 1 aliphatic heterocycles. The first kappa shape index (κ1) is 21.1. The number of ether oxygens (including phenoxy) is 1. The van der Waals surface area contributed by atoms with Crippen LogP contribution in [0, 0.1) is 5.92 Å². The SMILES string of the molecule is CCOc1ccccc1NC(=O)C[C@@H]1C(=O)N[C@@H]2CCCC[C@H]2N1C(=O)C(C)C. The maximum absolute atomic E-state index is 13.0. The van der Waals surface area contributed by atoms with E-state index in [9.17, 15) is 14.4 Å². The molecule has 0 spiro atoms. The van der Waals surface area contributed by atoms with Gasteiger partial charge in [0, 0.05) is 12.0 Å². The third-order valence-corrected chi connectivity index (χ3v) is 5.64. The third-order valence-electron chi connectivity index (χ3n) is 5.64. The quantitative estimate of drug-likeness (QED) is 0.767. The number of piperazine rings is 1. The summed E-state index contributed by atoms with van der Waals surface area (Å²) in [6.45, 7) is 6.03. The molecule has 7 heteroatoms. The van der Waals surface area contributed by atoms with E-state index >= 15 is 0 Å². The Morgan fingerprint density at radius 3 is 2.69 bits per heavy atom. The normalized spacial score (nSPS) is 23.9. The van der Waals surface area contributed by atoms with Crippen molar-refractivity contribution in [1.82, 2.24) is 10.2 Å². The minimum Gasteiger partial charge on any atom is -0.492 e. The van der Waals surface area contributed by atoms with Crippen LogP contribution in [0.25, 0.3) is 0 Å². The number of benzene rings is 1. The Morgan fingerprint density at radius 1 is 1.24 bits per heavy atom. The van der Waals surface area contributed by atoms with Crippen LogP contribution in [0.4, 0.5) is 5.69 Å². The number of nitrogens with one attached hydrogen (secondary N) is 2. The van der Waals surface area contributed by atoms with Gasteiger partial charge in [0.15, 0.2) is 0 Å². The molecule has 3 rings (SSSR count). The molecule has 0 aromatic heterocycles. The molecule has 7 nitrogen and oxygen atoms in total. The molecule has 29 heavy (non-hydrogen) atoms. The van der Waals surface area contributed by atoms with E-state index in [1.54, 1.807) is 17.0 Å². The van der Waals surface area contributed by atoms with Gasteiger partial charge in [-0.25, -0.2) is 0 Å². The molecule has 1 saturated carbocycles. The standard InChI is InChI=1S/C22H31N3O4/c1-4-29-19-12-8-6-10-16(19)23-20(26)13-18-21(27)24-15-9-5-7-11-17(15)25(18)22(28)14(2)3/h6,8,10,12,14-15,17-18H,4-5,7,9,11,13H2,1-3H3,(H,23,26)(H,24,27)/t15-,17-,18-/m1/s1. The lowest BCUT2D eigenvalue weighted by molar-refractivity contribution is -0.154. The average molecular weight is 402 g/mol. The van der Waals surface area contributed by atoms with Gasteiger partial charge in [-0.2, -0.15) is 0 Å². The average Bonchev–Trinajstić information content (AvgIpc) is 2.69. The summed E-state index contributed by atoms with van der Waals surface area (Å²) in [6.07, 6.45) is 3.73. The number of fused-ring (bicyclic) bond motifs is 1. The number of rotatable bonds is 6. The molecule has 0 radical (unpaired) electrons. The zero-order valence-electron chi connectivity index (χ0n) is 17.4. The van der Waals surface area contributed by atoms with Gasteiger partial charge in [-0.3, -0.25) is 14.4 Å². The largest absolute Gasteiger partial charge is 0.492 e. The summed E-state index contributed by atoms with van der Waals surface area (Å²) in [6, 6.07) is 6.35. The summed E-state index contributed by atoms with van der Waals surface area (Å²) in [5.41, 5.74) is 0.563. The lowest BCUT2D eigenvalue weighted by Crippen LogP contribution is -2.68. The van der Waals surface area contributed by atoms with Crippen LogP contribution in [0.15, 0.2) is 24.3 Å². The van der Waals surface area contributed by atoms with Crippen molar-refractivity contribution in [2.24, 2.45) is 5.92 Å². The van der Waals surface area contributed by atoms with Crippen LogP contribution >= 0.6 is 0 Å². The van der Waals surface area contributed by atoms with E-state index in [4.69, 9.17) is 4.74 Å². The van der Waals surface area contributed by atoms with Gasteiger partial charge in [-0.1, -0.05) is 38.8 Å². The summed E-state index contributed by atoms with van der Waals surface area (Å²) in [7, 11) is 0. The first-order valence-electron chi connectivity index (χ1n) is 10.6. The zero-order valence-corrected chi connectivity index (χ0v) is 17.4. The number of hydrogen-bond acceptors (Lipinski definition) is 4. The van der Waals surface area contributed by atoms with E-state index < -0.39 is 6.04 Å². The van der Waals surface area contributed by atoms with Crippen LogP contribution in [0.2, 0.25) is 0 Å². The molecule has 158 valence electrons. The molecule has 1 aromatic carbocycles. The molecular formula is C22H31N3O4. The van der Waals surface area contributed by atoms with Gasteiger partial charge in [0.2, 0.25) is 17.7 Å². The van der Waals surface area contributed by atoms with Crippen molar-refractivity contribution in [1.29, 1.82) is 0 Å². The van der Waals surface area contributed by atoms with Gasteiger partial charge in [-0.15, -0.1) is 0 Å². The number of para-hydroxylation sites is 2. The fraction of sp³-hybridized carbons (Fsp3) is 0.591. The molecule has 1 saturated heterocycles. The molecule has 1 heterocycles. The molecule has 1 aliphatic carbocycles. The van der Waals surface area contributed by atoms with Crippen molar-refractivity contribution in [2.75, 3.05) is 11.9 Å². The summed E-state index contributed by atoms with van der Waals surface area (Å²) in [4.78, 5) is 40.3. The monoisotopic (exact) mass is 401 g/mol. The fourth-order valence-electron chi connectivity index (χ4n) is 4.28. The highest BCUT2D eigenvalue weighted by atomic mass is 16.5. The number of anilines is 1. The smallest absolute Gasteiger partial charge is 0.243 e. The van der Waals surface area contributed by atoms with Crippen LogP contribution in [0.3, 0.4) is 0 Å². The second-order valence-electron chi connectivity index (χ2n) is 8.06.